The Morgan fingerprint density at radius 3 is 2.74 bits per heavy atom. The Morgan fingerprint density at radius 1 is 1.30 bits per heavy atom. The van der Waals surface area contributed by atoms with Gasteiger partial charge in [-0.05, 0) is 26.3 Å². The molecular weight excluding hydrogens is 334 g/mol. The van der Waals surface area contributed by atoms with Crippen molar-refractivity contribution in [2.75, 3.05) is 0 Å². The zero-order valence-electron chi connectivity index (χ0n) is 13.0. The number of rotatable bonds is 4. The van der Waals surface area contributed by atoms with Crippen LogP contribution in [-0.4, -0.2) is 20.6 Å². The second-order valence-electron chi connectivity index (χ2n) is 5.03. The molecule has 0 bridgehead atoms. The highest BCUT2D eigenvalue weighted by Gasteiger charge is 2.15. The molecule has 3 rings (SSSR count). The summed E-state index contributed by atoms with van der Waals surface area (Å²) < 4.78 is 6.57. The fourth-order valence-corrected chi connectivity index (χ4v) is 3.93. The van der Waals surface area contributed by atoms with E-state index in [-0.39, 0.29) is 12.2 Å². The summed E-state index contributed by atoms with van der Waals surface area (Å²) in [6, 6.07) is 3.16. The van der Waals surface area contributed by atoms with E-state index in [1.807, 2.05) is 26.8 Å². The lowest BCUT2D eigenvalue weighted by atomic mass is 10.2. The summed E-state index contributed by atoms with van der Waals surface area (Å²) in [6.45, 7) is 5.77. The first kappa shape index (κ1) is 15.8. The van der Waals surface area contributed by atoms with Crippen LogP contribution in [-0.2, 0) is 17.8 Å². The van der Waals surface area contributed by atoms with E-state index in [2.05, 4.69) is 10.1 Å². The van der Waals surface area contributed by atoms with Crippen LogP contribution < -0.4 is 5.56 Å². The summed E-state index contributed by atoms with van der Waals surface area (Å²) in [5.74, 6) is -0.396. The molecule has 0 fully saturated rings. The third kappa shape index (κ3) is 3.18. The van der Waals surface area contributed by atoms with Gasteiger partial charge in [-0.15, -0.1) is 11.3 Å². The van der Waals surface area contributed by atoms with Crippen molar-refractivity contribution in [2.24, 2.45) is 0 Å². The summed E-state index contributed by atoms with van der Waals surface area (Å²) in [4.78, 5) is 31.0. The van der Waals surface area contributed by atoms with Crippen LogP contribution in [0.15, 0.2) is 16.9 Å². The number of fused-ring (bicyclic) bond motifs is 1. The molecular formula is C15H15N3O3S2. The van der Waals surface area contributed by atoms with E-state index in [9.17, 15) is 9.59 Å². The highest BCUT2D eigenvalue weighted by atomic mass is 32.1. The minimum Gasteiger partial charge on any atom is -0.456 e. The first-order chi connectivity index (χ1) is 11.0. The maximum atomic E-state index is 12.1. The first-order valence-electron chi connectivity index (χ1n) is 7.10. The fourth-order valence-electron chi connectivity index (χ4n) is 2.16. The van der Waals surface area contributed by atoms with E-state index in [1.165, 1.54) is 21.9 Å². The molecule has 0 spiro atoms. The number of carbonyl (C=O) groups is 1. The number of ether oxygens (including phenoxy) is 1. The van der Waals surface area contributed by atoms with Gasteiger partial charge in [0.15, 0.2) is 0 Å². The lowest BCUT2D eigenvalue weighted by Crippen LogP contribution is -2.16. The van der Waals surface area contributed by atoms with Crippen molar-refractivity contribution in [1.29, 1.82) is 0 Å². The van der Waals surface area contributed by atoms with Gasteiger partial charge in [0.1, 0.15) is 11.6 Å². The number of nitrogens with zero attached hydrogens (tertiary/aromatic N) is 3. The molecule has 3 aromatic rings. The van der Waals surface area contributed by atoms with Crippen molar-refractivity contribution in [3.8, 4) is 0 Å². The van der Waals surface area contributed by atoms with Crippen molar-refractivity contribution in [1.82, 2.24) is 14.6 Å². The molecule has 3 aromatic heterocycles. The van der Waals surface area contributed by atoms with Gasteiger partial charge in [-0.3, -0.25) is 4.79 Å². The molecule has 0 aromatic carbocycles. The van der Waals surface area contributed by atoms with Crippen LogP contribution >= 0.6 is 22.7 Å². The zero-order chi connectivity index (χ0) is 16.6. The number of hydrogen-bond donors (Lipinski definition) is 0. The van der Waals surface area contributed by atoms with Gasteiger partial charge in [-0.25, -0.2) is 9.78 Å². The number of thiophene rings is 1. The number of aromatic nitrogens is 3. The van der Waals surface area contributed by atoms with Gasteiger partial charge in [0.2, 0.25) is 4.96 Å². The topological polar surface area (TPSA) is 73.6 Å². The van der Waals surface area contributed by atoms with Crippen molar-refractivity contribution in [3.63, 3.8) is 0 Å². The van der Waals surface area contributed by atoms with Crippen molar-refractivity contribution >= 4 is 33.6 Å². The average Bonchev–Trinajstić information content (AvgIpc) is 3.07. The average molecular weight is 349 g/mol. The number of hydrogen-bond acceptors (Lipinski definition) is 7. The van der Waals surface area contributed by atoms with Crippen LogP contribution in [0.25, 0.3) is 4.96 Å². The number of esters is 1. The molecule has 0 aliphatic rings. The lowest BCUT2D eigenvalue weighted by molar-refractivity contribution is 0.0467. The van der Waals surface area contributed by atoms with Crippen molar-refractivity contribution in [3.05, 3.63) is 48.5 Å². The maximum Gasteiger partial charge on any atom is 0.339 e. The van der Waals surface area contributed by atoms with Gasteiger partial charge >= 0.3 is 5.97 Å². The minimum absolute atomic E-state index is 0.0295. The molecule has 0 saturated heterocycles. The number of carbonyl (C=O) groups excluding carboxylic acids is 1. The van der Waals surface area contributed by atoms with Gasteiger partial charge in [0.25, 0.3) is 5.56 Å². The molecule has 0 unspecified atom stereocenters. The van der Waals surface area contributed by atoms with E-state index in [1.54, 1.807) is 11.3 Å². The molecule has 8 heteroatoms. The van der Waals surface area contributed by atoms with Crippen LogP contribution in [0.3, 0.4) is 0 Å². The van der Waals surface area contributed by atoms with Gasteiger partial charge in [-0.1, -0.05) is 18.3 Å². The van der Waals surface area contributed by atoms with Crippen molar-refractivity contribution < 1.29 is 9.53 Å². The van der Waals surface area contributed by atoms with Crippen LogP contribution in [0.1, 0.15) is 37.7 Å². The Bertz CT molecular complexity index is 939. The van der Waals surface area contributed by atoms with E-state index < -0.39 is 5.97 Å². The summed E-state index contributed by atoms with van der Waals surface area (Å²) >= 11 is 2.92. The van der Waals surface area contributed by atoms with E-state index in [0.717, 1.165) is 21.2 Å². The largest absolute Gasteiger partial charge is 0.456 e. The van der Waals surface area contributed by atoms with Crippen LogP contribution in [0.4, 0.5) is 0 Å². The second-order valence-corrected chi connectivity index (χ2v) is 7.53. The molecule has 0 saturated carbocycles. The Hall–Kier alpha value is -2.06. The third-order valence-electron chi connectivity index (χ3n) is 3.25. The maximum absolute atomic E-state index is 12.1. The zero-order valence-corrected chi connectivity index (χ0v) is 14.6. The number of aryl methyl sites for hydroxylation is 3. The highest BCUT2D eigenvalue weighted by molar-refractivity contribution is 7.16. The van der Waals surface area contributed by atoms with E-state index in [4.69, 9.17) is 4.74 Å². The van der Waals surface area contributed by atoms with E-state index >= 15 is 0 Å². The monoisotopic (exact) mass is 349 g/mol. The van der Waals surface area contributed by atoms with Gasteiger partial charge < -0.3 is 4.74 Å². The normalized spacial score (nSPS) is 11.1. The Labute approximate surface area is 140 Å². The fraction of sp³-hybridized carbons (Fsp3) is 0.333. The summed E-state index contributed by atoms with van der Waals surface area (Å²) in [5.41, 5.74) is 0.732. The summed E-state index contributed by atoms with van der Waals surface area (Å²) in [6.07, 6.45) is 0.745. The van der Waals surface area contributed by atoms with Gasteiger partial charge in [0.05, 0.1) is 11.3 Å². The molecule has 3 heterocycles. The molecule has 0 radical (unpaired) electrons. The van der Waals surface area contributed by atoms with Crippen LogP contribution in [0, 0.1) is 13.8 Å². The Balaban J connectivity index is 1.80. The standard InChI is InChI=1S/C15H15N3O3S2/c1-4-12-17-18-13(19)6-10(16-15(18)23-12)7-21-14(20)11-5-8(2)22-9(11)3/h5-6H,4,7H2,1-3H3. The molecule has 0 aliphatic carbocycles. The first-order valence-corrected chi connectivity index (χ1v) is 8.74. The van der Waals surface area contributed by atoms with Gasteiger partial charge in [-0.2, -0.15) is 9.61 Å². The predicted molar refractivity (Wildman–Crippen MR) is 89.4 cm³/mol. The molecule has 120 valence electrons. The smallest absolute Gasteiger partial charge is 0.339 e. The second kappa shape index (κ2) is 6.21. The highest BCUT2D eigenvalue weighted by Crippen LogP contribution is 2.21. The third-order valence-corrected chi connectivity index (χ3v) is 5.27. The van der Waals surface area contributed by atoms with Crippen LogP contribution in [0.2, 0.25) is 0 Å². The molecule has 23 heavy (non-hydrogen) atoms. The lowest BCUT2D eigenvalue weighted by Gasteiger charge is -2.03. The Morgan fingerprint density at radius 2 is 2.09 bits per heavy atom. The SMILES string of the molecule is CCc1nn2c(=O)cc(COC(=O)c3cc(C)sc3C)nc2s1. The quantitative estimate of drug-likeness (QED) is 0.677. The molecule has 0 amide bonds. The van der Waals surface area contributed by atoms with Gasteiger partial charge in [0, 0.05) is 15.8 Å². The molecule has 0 aliphatic heterocycles. The minimum atomic E-state index is -0.396. The van der Waals surface area contributed by atoms with E-state index in [0.29, 0.717) is 16.2 Å². The summed E-state index contributed by atoms with van der Waals surface area (Å²) in [7, 11) is 0. The molecule has 0 atom stereocenters. The van der Waals surface area contributed by atoms with Crippen LogP contribution in [0.5, 0.6) is 0 Å². The molecule has 6 nitrogen and oxygen atoms in total. The predicted octanol–water partition coefficient (Wildman–Crippen LogP) is 2.75. The molecule has 0 N–H and O–H groups in total. The Kier molecular flexibility index (Phi) is 4.27. The summed E-state index contributed by atoms with van der Waals surface area (Å²) in [5, 5.41) is 5.02. The van der Waals surface area contributed by atoms with Crippen molar-refractivity contribution in [2.45, 2.75) is 33.8 Å².